The van der Waals surface area contributed by atoms with Gasteiger partial charge in [-0.25, -0.2) is 8.78 Å². The SMILES string of the molecule is CN(CC(O)[C@@H]1CCc2cc(F)ccc2O1)CC(O)[C@H]1CCc2cc(F)ccc2O1. The Bertz CT molecular complexity index is 822. The number of rotatable bonds is 6. The van der Waals surface area contributed by atoms with E-state index in [9.17, 15) is 19.0 Å². The van der Waals surface area contributed by atoms with E-state index in [1.54, 1.807) is 12.1 Å². The number of aliphatic hydroxyl groups excluding tert-OH is 2. The molecule has 0 aliphatic carbocycles. The van der Waals surface area contributed by atoms with Gasteiger partial charge in [0.25, 0.3) is 0 Å². The summed E-state index contributed by atoms with van der Waals surface area (Å²) in [5, 5.41) is 21.2. The number of fused-ring (bicyclic) bond motifs is 2. The molecule has 7 heteroatoms. The zero-order valence-corrected chi connectivity index (χ0v) is 16.9. The molecule has 162 valence electrons. The van der Waals surface area contributed by atoms with Crippen LogP contribution in [0.3, 0.4) is 0 Å². The van der Waals surface area contributed by atoms with Gasteiger partial charge in [0.05, 0.1) is 0 Å². The third kappa shape index (κ3) is 4.74. The first-order chi connectivity index (χ1) is 14.4. The molecule has 2 aliphatic rings. The number of aryl methyl sites for hydroxylation is 2. The van der Waals surface area contributed by atoms with E-state index < -0.39 is 12.2 Å². The first-order valence-corrected chi connectivity index (χ1v) is 10.3. The fraction of sp³-hybridized carbons (Fsp3) is 0.478. The summed E-state index contributed by atoms with van der Waals surface area (Å²) in [6.45, 7) is 0.652. The van der Waals surface area contributed by atoms with E-state index in [-0.39, 0.29) is 23.8 Å². The van der Waals surface area contributed by atoms with Gasteiger partial charge in [-0.1, -0.05) is 0 Å². The summed E-state index contributed by atoms with van der Waals surface area (Å²) in [4.78, 5) is 1.85. The minimum atomic E-state index is -0.739. The van der Waals surface area contributed by atoms with E-state index in [1.807, 2.05) is 11.9 Å². The molecule has 0 bridgehead atoms. The minimum absolute atomic E-state index is 0.289. The van der Waals surface area contributed by atoms with Gasteiger partial charge < -0.3 is 24.6 Å². The third-order valence-electron chi connectivity index (χ3n) is 5.85. The first-order valence-electron chi connectivity index (χ1n) is 10.3. The van der Waals surface area contributed by atoms with E-state index in [1.165, 1.54) is 24.3 Å². The second-order valence-corrected chi connectivity index (χ2v) is 8.25. The molecule has 2 aliphatic heterocycles. The van der Waals surface area contributed by atoms with Crippen LogP contribution in [0.1, 0.15) is 24.0 Å². The molecule has 0 radical (unpaired) electrons. The van der Waals surface area contributed by atoms with Gasteiger partial charge in [0.2, 0.25) is 0 Å². The quantitative estimate of drug-likeness (QED) is 0.754. The van der Waals surface area contributed by atoms with Crippen LogP contribution in [0.25, 0.3) is 0 Å². The maximum absolute atomic E-state index is 13.3. The number of hydrogen-bond acceptors (Lipinski definition) is 5. The van der Waals surface area contributed by atoms with Crippen molar-refractivity contribution in [2.24, 2.45) is 0 Å². The molecular formula is C23H27F2NO4. The third-order valence-corrected chi connectivity index (χ3v) is 5.85. The maximum Gasteiger partial charge on any atom is 0.126 e. The highest BCUT2D eigenvalue weighted by Gasteiger charge is 2.30. The molecule has 2 N–H and O–H groups in total. The topological polar surface area (TPSA) is 62.2 Å². The Morgan fingerprint density at radius 2 is 1.30 bits per heavy atom. The molecule has 30 heavy (non-hydrogen) atoms. The van der Waals surface area contributed by atoms with Gasteiger partial charge in [0, 0.05) is 13.1 Å². The highest BCUT2D eigenvalue weighted by molar-refractivity contribution is 5.36. The van der Waals surface area contributed by atoms with Crippen LogP contribution >= 0.6 is 0 Å². The van der Waals surface area contributed by atoms with Gasteiger partial charge in [-0.15, -0.1) is 0 Å². The molecule has 0 saturated heterocycles. The van der Waals surface area contributed by atoms with Gasteiger partial charge in [0.1, 0.15) is 47.5 Å². The zero-order valence-electron chi connectivity index (χ0n) is 16.9. The summed E-state index contributed by atoms with van der Waals surface area (Å²) in [5.74, 6) is 0.644. The molecule has 0 fully saturated rings. The van der Waals surface area contributed by atoms with E-state index in [0.717, 1.165) is 11.1 Å². The van der Waals surface area contributed by atoms with Crippen LogP contribution in [-0.4, -0.2) is 59.7 Å². The largest absolute Gasteiger partial charge is 0.487 e. The minimum Gasteiger partial charge on any atom is -0.487 e. The monoisotopic (exact) mass is 419 g/mol. The van der Waals surface area contributed by atoms with Crippen LogP contribution in [-0.2, 0) is 12.8 Å². The Hall–Kier alpha value is -2.22. The van der Waals surface area contributed by atoms with Crippen LogP contribution in [0.4, 0.5) is 8.78 Å². The molecule has 0 amide bonds. The number of nitrogens with zero attached hydrogens (tertiary/aromatic N) is 1. The number of ether oxygens (including phenoxy) is 2. The van der Waals surface area contributed by atoms with E-state index in [2.05, 4.69) is 0 Å². The van der Waals surface area contributed by atoms with Crippen LogP contribution in [0.15, 0.2) is 36.4 Å². The Morgan fingerprint density at radius 1 is 0.867 bits per heavy atom. The molecule has 4 rings (SSSR count). The standard InChI is InChI=1S/C23H27F2NO4/c1-26(12-18(27)22-6-2-14-10-16(24)4-8-20(14)29-22)13-19(28)23-7-3-15-11-17(25)5-9-21(15)30-23/h4-5,8-11,18-19,22-23,27-28H,2-3,6-7,12-13H2,1H3/t18?,19?,22-,23+. The lowest BCUT2D eigenvalue weighted by atomic mass is 9.98. The van der Waals surface area contributed by atoms with Crippen molar-refractivity contribution in [3.8, 4) is 11.5 Å². The summed E-state index contributed by atoms with van der Waals surface area (Å²) in [7, 11) is 1.82. The predicted octanol–water partition coefficient (Wildman–Crippen LogP) is 2.71. The average Bonchev–Trinajstić information content (AvgIpc) is 2.72. The number of halogens is 2. The van der Waals surface area contributed by atoms with Crippen molar-refractivity contribution < 1.29 is 28.5 Å². The normalized spacial score (nSPS) is 22.5. The molecular weight excluding hydrogens is 392 g/mol. The molecule has 4 atom stereocenters. The Labute approximate surface area is 174 Å². The summed E-state index contributed by atoms with van der Waals surface area (Å²) in [5.41, 5.74) is 1.63. The maximum atomic E-state index is 13.3. The van der Waals surface area contributed by atoms with Gasteiger partial charge >= 0.3 is 0 Å². The van der Waals surface area contributed by atoms with E-state index in [0.29, 0.717) is 50.3 Å². The lowest BCUT2D eigenvalue weighted by Gasteiger charge is -2.34. The van der Waals surface area contributed by atoms with Crippen molar-refractivity contribution >= 4 is 0 Å². The fourth-order valence-corrected chi connectivity index (χ4v) is 4.25. The molecule has 5 nitrogen and oxygen atoms in total. The van der Waals surface area contributed by atoms with Crippen molar-refractivity contribution in [1.82, 2.24) is 4.90 Å². The molecule has 0 spiro atoms. The predicted molar refractivity (Wildman–Crippen MR) is 108 cm³/mol. The van der Waals surface area contributed by atoms with E-state index >= 15 is 0 Å². The Balaban J connectivity index is 1.28. The van der Waals surface area contributed by atoms with Gasteiger partial charge in [-0.05, 0) is 80.3 Å². The number of likely N-dealkylation sites (N-methyl/N-ethyl adjacent to an activating group) is 1. The van der Waals surface area contributed by atoms with Gasteiger partial charge in [0.15, 0.2) is 0 Å². The summed E-state index contributed by atoms with van der Waals surface area (Å²) in [6.07, 6.45) is 0.271. The van der Waals surface area contributed by atoms with Gasteiger partial charge in [-0.3, -0.25) is 0 Å². The molecule has 0 saturated carbocycles. The number of aliphatic hydroxyl groups is 2. The molecule has 2 unspecified atom stereocenters. The fourth-order valence-electron chi connectivity index (χ4n) is 4.25. The summed E-state index contributed by atoms with van der Waals surface area (Å²) in [6, 6.07) is 8.84. The lowest BCUT2D eigenvalue weighted by molar-refractivity contribution is -0.0212. The molecule has 2 heterocycles. The van der Waals surface area contributed by atoms with Crippen molar-refractivity contribution in [2.75, 3.05) is 20.1 Å². The molecule has 0 aromatic heterocycles. The second kappa shape index (κ2) is 8.88. The Kier molecular flexibility index (Phi) is 6.22. The van der Waals surface area contributed by atoms with Crippen molar-refractivity contribution in [1.29, 1.82) is 0 Å². The van der Waals surface area contributed by atoms with Crippen LogP contribution in [0.2, 0.25) is 0 Å². The van der Waals surface area contributed by atoms with Crippen molar-refractivity contribution in [3.05, 3.63) is 59.2 Å². The molecule has 2 aromatic carbocycles. The lowest BCUT2D eigenvalue weighted by Crippen LogP contribution is -2.47. The number of hydrogen-bond donors (Lipinski definition) is 2. The van der Waals surface area contributed by atoms with Crippen molar-refractivity contribution in [3.63, 3.8) is 0 Å². The average molecular weight is 419 g/mol. The summed E-state index contributed by atoms with van der Waals surface area (Å²) >= 11 is 0. The molecule has 2 aromatic rings. The Morgan fingerprint density at radius 3 is 1.73 bits per heavy atom. The smallest absolute Gasteiger partial charge is 0.126 e. The highest BCUT2D eigenvalue weighted by Crippen LogP contribution is 2.31. The highest BCUT2D eigenvalue weighted by atomic mass is 19.1. The van der Waals surface area contributed by atoms with Crippen LogP contribution in [0.5, 0.6) is 11.5 Å². The van der Waals surface area contributed by atoms with Crippen LogP contribution < -0.4 is 9.47 Å². The van der Waals surface area contributed by atoms with Gasteiger partial charge in [-0.2, -0.15) is 0 Å². The zero-order chi connectivity index (χ0) is 21.3. The first kappa shape index (κ1) is 21.0. The van der Waals surface area contributed by atoms with Crippen molar-refractivity contribution in [2.45, 2.75) is 50.1 Å². The van der Waals surface area contributed by atoms with Crippen LogP contribution in [0, 0.1) is 11.6 Å². The summed E-state index contributed by atoms with van der Waals surface area (Å²) < 4.78 is 38.4. The second-order valence-electron chi connectivity index (χ2n) is 8.25. The van der Waals surface area contributed by atoms with E-state index in [4.69, 9.17) is 9.47 Å². The number of benzene rings is 2.